The predicted molar refractivity (Wildman–Crippen MR) is 100.0 cm³/mol. The van der Waals surface area contributed by atoms with Crippen LogP contribution in [0.5, 0.6) is 0 Å². The van der Waals surface area contributed by atoms with Gasteiger partial charge in [0.2, 0.25) is 11.8 Å². The Labute approximate surface area is 145 Å². The molecule has 0 atom stereocenters. The first-order valence-corrected chi connectivity index (χ1v) is 8.53. The van der Waals surface area contributed by atoms with E-state index in [2.05, 4.69) is 10.6 Å². The number of hydrogen-bond donors (Lipinski definition) is 3. The summed E-state index contributed by atoms with van der Waals surface area (Å²) in [6, 6.07) is 5.52. The molecule has 0 aliphatic rings. The monoisotopic (exact) mass is 333 g/mol. The molecule has 5 nitrogen and oxygen atoms in total. The van der Waals surface area contributed by atoms with E-state index in [0.29, 0.717) is 30.8 Å². The Bertz CT molecular complexity index is 591. The van der Waals surface area contributed by atoms with E-state index >= 15 is 0 Å². The summed E-state index contributed by atoms with van der Waals surface area (Å²) in [6.45, 7) is 11.8. The minimum absolute atomic E-state index is 0.0625. The number of nitrogens with two attached hydrogens (primary N) is 1. The van der Waals surface area contributed by atoms with Crippen LogP contribution in [0.4, 0.5) is 11.4 Å². The van der Waals surface area contributed by atoms with Gasteiger partial charge in [-0.05, 0) is 37.5 Å². The SMILES string of the molecule is CCC(CC)(CN)C(=O)Nc1ccc(C)c(NC(=O)C(C)(C)C)c1. The highest BCUT2D eigenvalue weighted by molar-refractivity contribution is 5.98. The molecule has 0 saturated carbocycles. The number of anilines is 2. The van der Waals surface area contributed by atoms with Gasteiger partial charge in [-0.3, -0.25) is 9.59 Å². The fourth-order valence-electron chi connectivity index (χ4n) is 2.36. The molecule has 0 aromatic heterocycles. The summed E-state index contributed by atoms with van der Waals surface area (Å²) in [5, 5.41) is 5.87. The lowest BCUT2D eigenvalue weighted by Gasteiger charge is -2.28. The molecule has 0 unspecified atom stereocenters. The zero-order chi connectivity index (χ0) is 18.5. The highest BCUT2D eigenvalue weighted by Crippen LogP contribution is 2.28. The normalized spacial score (nSPS) is 12.0. The van der Waals surface area contributed by atoms with Gasteiger partial charge in [0.15, 0.2) is 0 Å². The van der Waals surface area contributed by atoms with Crippen LogP contribution in [0.2, 0.25) is 0 Å². The first-order chi connectivity index (χ1) is 11.1. The predicted octanol–water partition coefficient (Wildman–Crippen LogP) is 3.68. The first kappa shape index (κ1) is 20.2. The molecule has 0 heterocycles. The van der Waals surface area contributed by atoms with Crippen LogP contribution in [0.1, 0.15) is 53.0 Å². The summed E-state index contributed by atoms with van der Waals surface area (Å²) < 4.78 is 0. The van der Waals surface area contributed by atoms with Crippen LogP contribution < -0.4 is 16.4 Å². The summed E-state index contributed by atoms with van der Waals surface area (Å²) in [5.41, 5.74) is 7.11. The van der Waals surface area contributed by atoms with E-state index in [4.69, 9.17) is 5.73 Å². The third-order valence-corrected chi connectivity index (χ3v) is 4.65. The number of carbonyl (C=O) groups is 2. The van der Waals surface area contributed by atoms with Crippen LogP contribution >= 0.6 is 0 Å². The third kappa shape index (κ3) is 4.57. The van der Waals surface area contributed by atoms with Gasteiger partial charge in [-0.2, -0.15) is 0 Å². The summed E-state index contributed by atoms with van der Waals surface area (Å²) in [7, 11) is 0. The Kier molecular flexibility index (Phi) is 6.55. The molecule has 24 heavy (non-hydrogen) atoms. The molecule has 134 valence electrons. The lowest BCUT2D eigenvalue weighted by Crippen LogP contribution is -2.41. The standard InChI is InChI=1S/C19H31N3O2/c1-7-19(8-2,12-20)17(24)21-14-10-9-13(3)15(11-14)22-16(23)18(4,5)6/h9-11H,7-8,12,20H2,1-6H3,(H,21,24)(H,22,23). The van der Waals surface area contributed by atoms with Gasteiger partial charge in [0, 0.05) is 23.3 Å². The van der Waals surface area contributed by atoms with Gasteiger partial charge in [0.25, 0.3) is 0 Å². The molecule has 0 spiro atoms. The number of carbonyl (C=O) groups excluding carboxylic acids is 2. The maximum absolute atomic E-state index is 12.6. The van der Waals surface area contributed by atoms with E-state index in [1.165, 1.54) is 0 Å². The summed E-state index contributed by atoms with van der Waals surface area (Å²) in [5.74, 6) is -0.139. The largest absolute Gasteiger partial charge is 0.329 e. The molecule has 4 N–H and O–H groups in total. The Morgan fingerprint density at radius 2 is 1.62 bits per heavy atom. The van der Waals surface area contributed by atoms with E-state index < -0.39 is 10.8 Å². The maximum Gasteiger partial charge on any atom is 0.231 e. The van der Waals surface area contributed by atoms with Gasteiger partial charge < -0.3 is 16.4 Å². The minimum Gasteiger partial charge on any atom is -0.329 e. The fourth-order valence-corrected chi connectivity index (χ4v) is 2.36. The molecule has 1 rings (SSSR count). The van der Waals surface area contributed by atoms with Crippen LogP contribution in [0.15, 0.2) is 18.2 Å². The Hall–Kier alpha value is -1.88. The van der Waals surface area contributed by atoms with E-state index in [9.17, 15) is 9.59 Å². The van der Waals surface area contributed by atoms with E-state index in [0.717, 1.165) is 5.56 Å². The van der Waals surface area contributed by atoms with Crippen molar-refractivity contribution in [3.63, 3.8) is 0 Å². The van der Waals surface area contributed by atoms with Crippen LogP contribution in [0, 0.1) is 17.8 Å². The zero-order valence-electron chi connectivity index (χ0n) is 15.7. The van der Waals surface area contributed by atoms with Gasteiger partial charge in [-0.15, -0.1) is 0 Å². The van der Waals surface area contributed by atoms with Crippen molar-refractivity contribution in [3.05, 3.63) is 23.8 Å². The molecule has 2 amide bonds. The molecule has 5 heteroatoms. The van der Waals surface area contributed by atoms with Gasteiger partial charge in [-0.1, -0.05) is 40.7 Å². The van der Waals surface area contributed by atoms with Crippen molar-refractivity contribution in [2.75, 3.05) is 17.2 Å². The molecule has 0 radical (unpaired) electrons. The molecular weight excluding hydrogens is 302 g/mol. The van der Waals surface area contributed by atoms with E-state index in [-0.39, 0.29) is 11.8 Å². The summed E-state index contributed by atoms with van der Waals surface area (Å²) >= 11 is 0. The van der Waals surface area contributed by atoms with Crippen molar-refractivity contribution in [2.24, 2.45) is 16.6 Å². The summed E-state index contributed by atoms with van der Waals surface area (Å²) in [4.78, 5) is 24.8. The molecule has 1 aromatic rings. The molecule has 0 saturated heterocycles. The number of amides is 2. The maximum atomic E-state index is 12.6. The Morgan fingerprint density at radius 1 is 1.04 bits per heavy atom. The fraction of sp³-hybridized carbons (Fsp3) is 0.579. The van der Waals surface area contributed by atoms with Crippen molar-refractivity contribution >= 4 is 23.2 Å². The van der Waals surface area contributed by atoms with Crippen molar-refractivity contribution in [3.8, 4) is 0 Å². The highest BCUT2D eigenvalue weighted by atomic mass is 16.2. The van der Waals surface area contributed by atoms with Gasteiger partial charge in [0.1, 0.15) is 0 Å². The number of aryl methyl sites for hydroxylation is 1. The molecule has 0 bridgehead atoms. The second-order valence-electron chi connectivity index (χ2n) is 7.38. The van der Waals surface area contributed by atoms with E-state index in [1.54, 1.807) is 6.07 Å². The van der Waals surface area contributed by atoms with Crippen molar-refractivity contribution in [2.45, 2.75) is 54.4 Å². The molecule has 0 fully saturated rings. The van der Waals surface area contributed by atoms with Crippen LogP contribution in [-0.4, -0.2) is 18.4 Å². The zero-order valence-corrected chi connectivity index (χ0v) is 15.7. The average molecular weight is 333 g/mol. The van der Waals surface area contributed by atoms with E-state index in [1.807, 2.05) is 53.7 Å². The van der Waals surface area contributed by atoms with Crippen molar-refractivity contribution < 1.29 is 9.59 Å². The smallest absolute Gasteiger partial charge is 0.231 e. The average Bonchev–Trinajstić information content (AvgIpc) is 2.52. The van der Waals surface area contributed by atoms with Gasteiger partial charge >= 0.3 is 0 Å². The quantitative estimate of drug-likeness (QED) is 0.742. The highest BCUT2D eigenvalue weighted by Gasteiger charge is 2.33. The third-order valence-electron chi connectivity index (χ3n) is 4.65. The minimum atomic E-state index is -0.556. The van der Waals surface area contributed by atoms with Gasteiger partial charge in [-0.25, -0.2) is 0 Å². The second-order valence-corrected chi connectivity index (χ2v) is 7.38. The van der Waals surface area contributed by atoms with Gasteiger partial charge in [0.05, 0.1) is 5.41 Å². The lowest BCUT2D eigenvalue weighted by atomic mass is 9.81. The van der Waals surface area contributed by atoms with Crippen LogP contribution in [-0.2, 0) is 9.59 Å². The first-order valence-electron chi connectivity index (χ1n) is 8.53. The topological polar surface area (TPSA) is 84.2 Å². The number of hydrogen-bond acceptors (Lipinski definition) is 3. The molecule has 1 aromatic carbocycles. The van der Waals surface area contributed by atoms with Crippen molar-refractivity contribution in [1.29, 1.82) is 0 Å². The lowest BCUT2D eigenvalue weighted by molar-refractivity contribution is -0.125. The molecular formula is C19H31N3O2. The Balaban J connectivity index is 3.01. The van der Waals surface area contributed by atoms with Crippen molar-refractivity contribution in [1.82, 2.24) is 0 Å². The second kappa shape index (κ2) is 7.79. The molecule has 0 aliphatic heterocycles. The number of nitrogens with one attached hydrogen (secondary N) is 2. The Morgan fingerprint density at radius 3 is 2.08 bits per heavy atom. The number of benzene rings is 1. The van der Waals surface area contributed by atoms with Crippen LogP contribution in [0.25, 0.3) is 0 Å². The molecule has 0 aliphatic carbocycles. The number of rotatable bonds is 6. The van der Waals surface area contributed by atoms with Crippen LogP contribution in [0.3, 0.4) is 0 Å². The summed E-state index contributed by atoms with van der Waals surface area (Å²) in [6.07, 6.45) is 1.37.